The van der Waals surface area contributed by atoms with Gasteiger partial charge in [-0.2, -0.15) is 0 Å². The first-order valence-electron chi connectivity index (χ1n) is 10.6. The fourth-order valence-corrected chi connectivity index (χ4v) is 5.18. The van der Waals surface area contributed by atoms with Crippen LogP contribution in [-0.4, -0.2) is 42.5 Å². The number of rotatable bonds is 7. The first-order chi connectivity index (χ1) is 14.2. The minimum atomic E-state index is 0.149. The van der Waals surface area contributed by atoms with Crippen LogP contribution in [0, 0.1) is 5.92 Å². The van der Waals surface area contributed by atoms with E-state index in [4.69, 9.17) is 4.74 Å². The summed E-state index contributed by atoms with van der Waals surface area (Å²) < 4.78 is 5.17. The SMILES string of the molecule is COc1ccc(C(=O)N2CCC(CCCCN3C=Cc4ccsc4C3)CC2)cc1. The second-order valence-corrected chi connectivity index (χ2v) is 9.05. The molecule has 154 valence electrons. The highest BCUT2D eigenvalue weighted by atomic mass is 32.1. The maximum absolute atomic E-state index is 12.7. The van der Waals surface area contributed by atoms with E-state index in [9.17, 15) is 4.79 Å². The second kappa shape index (κ2) is 9.49. The number of nitrogens with zero attached hydrogens (tertiary/aromatic N) is 2. The molecule has 2 aliphatic rings. The van der Waals surface area contributed by atoms with Gasteiger partial charge in [0.05, 0.1) is 13.7 Å². The van der Waals surface area contributed by atoms with Crippen LogP contribution in [0.25, 0.3) is 6.08 Å². The molecule has 0 bridgehead atoms. The molecule has 1 fully saturated rings. The van der Waals surface area contributed by atoms with Gasteiger partial charge in [0.25, 0.3) is 5.91 Å². The average Bonchev–Trinajstić information content (AvgIpc) is 3.25. The summed E-state index contributed by atoms with van der Waals surface area (Å²) in [7, 11) is 1.64. The van der Waals surface area contributed by atoms with Crippen LogP contribution in [0.3, 0.4) is 0 Å². The molecule has 1 saturated heterocycles. The van der Waals surface area contributed by atoms with E-state index in [-0.39, 0.29) is 5.91 Å². The van der Waals surface area contributed by atoms with Gasteiger partial charge in [0.1, 0.15) is 5.75 Å². The van der Waals surface area contributed by atoms with Crippen LogP contribution in [0.2, 0.25) is 0 Å². The first-order valence-corrected chi connectivity index (χ1v) is 11.5. The third kappa shape index (κ3) is 5.02. The number of methoxy groups -OCH3 is 1. The summed E-state index contributed by atoms with van der Waals surface area (Å²) in [6.45, 7) is 3.97. The number of hydrogen-bond acceptors (Lipinski definition) is 4. The molecule has 1 aromatic carbocycles. The number of benzene rings is 1. The molecule has 1 amide bonds. The van der Waals surface area contributed by atoms with Crippen LogP contribution in [0.5, 0.6) is 5.75 Å². The van der Waals surface area contributed by atoms with Crippen LogP contribution in [0.1, 0.15) is 52.9 Å². The Morgan fingerprint density at radius 2 is 1.93 bits per heavy atom. The zero-order valence-corrected chi connectivity index (χ0v) is 18.0. The fraction of sp³-hybridized carbons (Fsp3) is 0.458. The molecule has 0 atom stereocenters. The third-order valence-corrected chi connectivity index (χ3v) is 7.06. The van der Waals surface area contributed by atoms with E-state index in [0.717, 1.165) is 56.3 Å². The van der Waals surface area contributed by atoms with Crippen LogP contribution in [0.15, 0.2) is 41.9 Å². The van der Waals surface area contributed by atoms with E-state index in [0.29, 0.717) is 0 Å². The molecule has 4 nitrogen and oxygen atoms in total. The van der Waals surface area contributed by atoms with E-state index in [1.54, 1.807) is 7.11 Å². The molecule has 0 N–H and O–H groups in total. The summed E-state index contributed by atoms with van der Waals surface area (Å²) in [4.78, 5) is 18.6. The quantitative estimate of drug-likeness (QED) is 0.583. The number of amides is 1. The molecule has 2 aromatic rings. The molecule has 0 radical (unpaired) electrons. The highest BCUT2D eigenvalue weighted by Gasteiger charge is 2.23. The predicted octanol–water partition coefficient (Wildman–Crippen LogP) is 5.27. The van der Waals surface area contributed by atoms with Gasteiger partial charge in [-0.05, 0) is 72.5 Å². The Balaban J connectivity index is 1.14. The monoisotopic (exact) mass is 410 g/mol. The molecule has 0 spiro atoms. The van der Waals surface area contributed by atoms with Gasteiger partial charge in [-0.3, -0.25) is 4.79 Å². The van der Waals surface area contributed by atoms with E-state index in [1.165, 1.54) is 29.7 Å². The van der Waals surface area contributed by atoms with Crippen LogP contribution < -0.4 is 4.74 Å². The number of fused-ring (bicyclic) bond motifs is 1. The number of thiophene rings is 1. The largest absolute Gasteiger partial charge is 0.497 e. The van der Waals surface area contributed by atoms with Crippen molar-refractivity contribution in [1.82, 2.24) is 9.80 Å². The van der Waals surface area contributed by atoms with Crippen molar-refractivity contribution in [2.75, 3.05) is 26.7 Å². The highest BCUT2D eigenvalue weighted by molar-refractivity contribution is 7.10. The topological polar surface area (TPSA) is 32.8 Å². The standard InChI is InChI=1S/C24H30N2O2S/c1-28-22-7-5-21(6-8-22)24(27)26-15-9-19(10-16-26)4-2-3-13-25-14-11-20-12-17-29-23(20)18-25/h5-8,11-12,14,17,19H,2-4,9-10,13,15-16,18H2,1H3. The fourth-order valence-electron chi connectivity index (χ4n) is 4.29. The number of carbonyl (C=O) groups excluding carboxylic acids is 1. The lowest BCUT2D eigenvalue weighted by Crippen LogP contribution is -2.38. The van der Waals surface area contributed by atoms with Crippen molar-refractivity contribution in [2.45, 2.75) is 38.6 Å². The lowest BCUT2D eigenvalue weighted by Gasteiger charge is -2.32. The maximum atomic E-state index is 12.7. The number of ether oxygens (including phenoxy) is 1. The van der Waals surface area contributed by atoms with Crippen molar-refractivity contribution < 1.29 is 9.53 Å². The minimum Gasteiger partial charge on any atom is -0.497 e. The number of hydrogen-bond donors (Lipinski definition) is 0. The van der Waals surface area contributed by atoms with Crippen LogP contribution in [-0.2, 0) is 6.54 Å². The second-order valence-electron chi connectivity index (χ2n) is 8.05. The molecule has 0 unspecified atom stereocenters. The Labute approximate surface area is 177 Å². The van der Waals surface area contributed by atoms with Gasteiger partial charge >= 0.3 is 0 Å². The van der Waals surface area contributed by atoms with Crippen molar-refractivity contribution in [2.24, 2.45) is 5.92 Å². The Morgan fingerprint density at radius 1 is 1.14 bits per heavy atom. The Hall–Kier alpha value is -2.27. The lowest BCUT2D eigenvalue weighted by atomic mass is 9.91. The van der Waals surface area contributed by atoms with Crippen LogP contribution in [0.4, 0.5) is 0 Å². The van der Waals surface area contributed by atoms with Gasteiger partial charge in [0.2, 0.25) is 0 Å². The van der Waals surface area contributed by atoms with Gasteiger partial charge in [-0.25, -0.2) is 0 Å². The molecule has 5 heteroatoms. The van der Waals surface area contributed by atoms with E-state index in [2.05, 4.69) is 28.6 Å². The molecular formula is C24H30N2O2S. The molecule has 0 saturated carbocycles. The Morgan fingerprint density at radius 3 is 2.69 bits per heavy atom. The zero-order valence-electron chi connectivity index (χ0n) is 17.2. The number of carbonyl (C=O) groups is 1. The normalized spacial score (nSPS) is 16.7. The van der Waals surface area contributed by atoms with Gasteiger partial charge in [0.15, 0.2) is 0 Å². The Bertz CT molecular complexity index is 835. The molecule has 29 heavy (non-hydrogen) atoms. The summed E-state index contributed by atoms with van der Waals surface area (Å²) >= 11 is 1.86. The van der Waals surface area contributed by atoms with Gasteiger partial charge < -0.3 is 14.5 Å². The van der Waals surface area contributed by atoms with E-state index in [1.807, 2.05) is 40.5 Å². The summed E-state index contributed by atoms with van der Waals surface area (Å²) in [5, 5.41) is 2.18. The summed E-state index contributed by atoms with van der Waals surface area (Å²) in [5.74, 6) is 1.70. The third-order valence-electron chi connectivity index (χ3n) is 6.14. The molecule has 3 heterocycles. The molecule has 1 aromatic heterocycles. The van der Waals surface area contributed by atoms with Gasteiger partial charge in [0, 0.05) is 36.3 Å². The summed E-state index contributed by atoms with van der Waals surface area (Å²) in [5.41, 5.74) is 2.15. The molecule has 4 rings (SSSR count). The maximum Gasteiger partial charge on any atom is 0.253 e. The minimum absolute atomic E-state index is 0.149. The number of piperidine rings is 1. The van der Waals surface area contributed by atoms with E-state index >= 15 is 0 Å². The highest BCUT2D eigenvalue weighted by Crippen LogP contribution is 2.26. The summed E-state index contributed by atoms with van der Waals surface area (Å²) in [6.07, 6.45) is 10.6. The summed E-state index contributed by atoms with van der Waals surface area (Å²) in [6, 6.07) is 9.65. The van der Waals surface area contributed by atoms with Crippen molar-refractivity contribution in [3.05, 3.63) is 57.9 Å². The smallest absolute Gasteiger partial charge is 0.253 e. The average molecular weight is 411 g/mol. The Kier molecular flexibility index (Phi) is 6.55. The van der Waals surface area contributed by atoms with Crippen LogP contribution >= 0.6 is 11.3 Å². The number of unbranched alkanes of at least 4 members (excludes halogenated alkanes) is 1. The lowest BCUT2D eigenvalue weighted by molar-refractivity contribution is 0.0685. The van der Waals surface area contributed by atoms with Crippen molar-refractivity contribution >= 4 is 23.3 Å². The zero-order chi connectivity index (χ0) is 20.1. The van der Waals surface area contributed by atoms with E-state index < -0.39 is 0 Å². The number of likely N-dealkylation sites (tertiary alicyclic amines) is 1. The molecule has 2 aliphatic heterocycles. The van der Waals surface area contributed by atoms with Crippen molar-refractivity contribution in [3.63, 3.8) is 0 Å². The van der Waals surface area contributed by atoms with Gasteiger partial charge in [-0.1, -0.05) is 12.8 Å². The van der Waals surface area contributed by atoms with Crippen molar-refractivity contribution in [3.8, 4) is 5.75 Å². The molecule has 0 aliphatic carbocycles. The predicted molar refractivity (Wildman–Crippen MR) is 119 cm³/mol. The molecular weight excluding hydrogens is 380 g/mol. The first kappa shape index (κ1) is 20.0. The van der Waals surface area contributed by atoms with Crippen molar-refractivity contribution in [1.29, 1.82) is 0 Å². The van der Waals surface area contributed by atoms with Gasteiger partial charge in [-0.15, -0.1) is 11.3 Å².